The van der Waals surface area contributed by atoms with Crippen molar-refractivity contribution >= 4 is 6.03 Å². The highest BCUT2D eigenvalue weighted by Gasteiger charge is 2.33. The summed E-state index contributed by atoms with van der Waals surface area (Å²) >= 11 is 0. The molecule has 3 rings (SSSR count). The predicted molar refractivity (Wildman–Crippen MR) is 81.3 cm³/mol. The van der Waals surface area contributed by atoms with Gasteiger partial charge in [-0.25, -0.2) is 4.79 Å². The van der Waals surface area contributed by atoms with Crippen molar-refractivity contribution < 1.29 is 9.32 Å². The van der Waals surface area contributed by atoms with Gasteiger partial charge >= 0.3 is 6.03 Å². The highest BCUT2D eigenvalue weighted by atomic mass is 16.5. The van der Waals surface area contributed by atoms with Crippen molar-refractivity contribution in [2.45, 2.75) is 45.2 Å². The molecule has 7 heteroatoms. The number of aromatic nitrogens is 2. The Morgan fingerprint density at radius 3 is 2.64 bits per heavy atom. The van der Waals surface area contributed by atoms with E-state index >= 15 is 0 Å². The second-order valence-electron chi connectivity index (χ2n) is 6.26. The molecule has 0 radical (unpaired) electrons. The van der Waals surface area contributed by atoms with Gasteiger partial charge in [-0.15, -0.1) is 0 Å². The fraction of sp³-hybridized carbons (Fsp3) is 0.800. The number of hydrogen-bond donors (Lipinski definition) is 0. The zero-order valence-electron chi connectivity index (χ0n) is 13.5. The van der Waals surface area contributed by atoms with E-state index in [-0.39, 0.29) is 6.03 Å². The number of rotatable bonds is 5. The second kappa shape index (κ2) is 6.64. The number of hydrogen-bond acceptors (Lipinski definition) is 5. The van der Waals surface area contributed by atoms with Crippen LogP contribution in [-0.4, -0.2) is 70.1 Å². The van der Waals surface area contributed by atoms with E-state index in [1.165, 1.54) is 0 Å². The minimum absolute atomic E-state index is 0.181. The Kier molecular flexibility index (Phi) is 4.61. The van der Waals surface area contributed by atoms with Crippen LogP contribution < -0.4 is 0 Å². The number of carbonyl (C=O) groups is 1. The van der Waals surface area contributed by atoms with E-state index in [1.807, 2.05) is 11.9 Å². The molecule has 2 aliphatic rings. The Bertz CT molecular complexity index is 510. The van der Waals surface area contributed by atoms with Crippen LogP contribution in [0.3, 0.4) is 0 Å². The first-order chi connectivity index (χ1) is 10.7. The molecule has 2 amide bonds. The van der Waals surface area contributed by atoms with E-state index in [1.54, 1.807) is 4.90 Å². The number of amides is 2. The predicted octanol–water partition coefficient (Wildman–Crippen LogP) is 1.35. The molecule has 0 saturated carbocycles. The van der Waals surface area contributed by atoms with Crippen LogP contribution in [0.25, 0.3) is 0 Å². The van der Waals surface area contributed by atoms with Crippen molar-refractivity contribution in [1.82, 2.24) is 24.8 Å². The normalized spacial score (nSPS) is 21.1. The summed E-state index contributed by atoms with van der Waals surface area (Å²) in [4.78, 5) is 22.7. The van der Waals surface area contributed by atoms with Crippen molar-refractivity contribution in [2.24, 2.45) is 0 Å². The van der Waals surface area contributed by atoms with Crippen LogP contribution in [0.4, 0.5) is 4.79 Å². The molecule has 0 aliphatic carbocycles. The maximum Gasteiger partial charge on any atom is 0.320 e. The van der Waals surface area contributed by atoms with E-state index in [0.717, 1.165) is 70.1 Å². The first kappa shape index (κ1) is 15.3. The fourth-order valence-corrected chi connectivity index (χ4v) is 3.27. The van der Waals surface area contributed by atoms with E-state index < -0.39 is 0 Å². The van der Waals surface area contributed by atoms with Gasteiger partial charge in [0.25, 0.3) is 0 Å². The standard InChI is InChI=1S/C15H25N5O2/c1-3-4-14-16-13(17-22-14)11-19-7-5-12(6-8-19)20-10-9-18(2)15(20)21/h12H,3-11H2,1-2H3. The molecular formula is C15H25N5O2. The maximum atomic E-state index is 12.0. The van der Waals surface area contributed by atoms with Crippen LogP contribution in [-0.2, 0) is 13.0 Å². The van der Waals surface area contributed by atoms with E-state index in [9.17, 15) is 4.79 Å². The molecule has 2 fully saturated rings. The molecule has 0 aromatic carbocycles. The number of likely N-dealkylation sites (tertiary alicyclic amines) is 1. The molecule has 7 nitrogen and oxygen atoms in total. The molecular weight excluding hydrogens is 282 g/mol. The lowest BCUT2D eigenvalue weighted by Crippen LogP contribution is -2.46. The van der Waals surface area contributed by atoms with Crippen LogP contribution in [0.2, 0.25) is 0 Å². The lowest BCUT2D eigenvalue weighted by molar-refractivity contribution is 0.125. The Morgan fingerprint density at radius 1 is 1.23 bits per heavy atom. The third-order valence-corrected chi connectivity index (χ3v) is 4.59. The summed E-state index contributed by atoms with van der Waals surface area (Å²) in [7, 11) is 1.88. The third-order valence-electron chi connectivity index (χ3n) is 4.59. The summed E-state index contributed by atoms with van der Waals surface area (Å²) < 4.78 is 5.23. The summed E-state index contributed by atoms with van der Waals surface area (Å²) in [6, 6.07) is 0.565. The van der Waals surface area contributed by atoms with Gasteiger partial charge in [0.1, 0.15) is 0 Å². The van der Waals surface area contributed by atoms with Crippen LogP contribution in [0.15, 0.2) is 4.52 Å². The molecule has 122 valence electrons. The molecule has 1 aromatic rings. The summed E-state index contributed by atoms with van der Waals surface area (Å²) in [6.07, 6.45) is 3.92. The summed E-state index contributed by atoms with van der Waals surface area (Å²) in [5.74, 6) is 1.51. The Balaban J connectivity index is 1.48. The van der Waals surface area contributed by atoms with Gasteiger partial charge in [0.05, 0.1) is 6.54 Å². The summed E-state index contributed by atoms with van der Waals surface area (Å²) in [5.41, 5.74) is 0. The highest BCUT2D eigenvalue weighted by Crippen LogP contribution is 2.21. The minimum Gasteiger partial charge on any atom is -0.339 e. The maximum absolute atomic E-state index is 12.0. The fourth-order valence-electron chi connectivity index (χ4n) is 3.27. The Morgan fingerprint density at radius 2 is 2.00 bits per heavy atom. The highest BCUT2D eigenvalue weighted by molar-refractivity contribution is 5.76. The first-order valence-corrected chi connectivity index (χ1v) is 8.23. The van der Waals surface area contributed by atoms with Gasteiger partial charge in [0.2, 0.25) is 5.89 Å². The number of aryl methyl sites for hydroxylation is 1. The molecule has 1 aromatic heterocycles. The van der Waals surface area contributed by atoms with Gasteiger partial charge < -0.3 is 14.3 Å². The molecule has 2 saturated heterocycles. The van der Waals surface area contributed by atoms with E-state index in [4.69, 9.17) is 4.52 Å². The monoisotopic (exact) mass is 307 g/mol. The van der Waals surface area contributed by atoms with Crippen LogP contribution >= 0.6 is 0 Å². The molecule has 0 bridgehead atoms. The van der Waals surface area contributed by atoms with Gasteiger partial charge in [-0.05, 0) is 19.3 Å². The second-order valence-corrected chi connectivity index (χ2v) is 6.26. The minimum atomic E-state index is 0.181. The summed E-state index contributed by atoms with van der Waals surface area (Å²) in [6.45, 7) is 6.53. The number of carbonyl (C=O) groups excluding carboxylic acids is 1. The van der Waals surface area contributed by atoms with Crippen LogP contribution in [0, 0.1) is 0 Å². The van der Waals surface area contributed by atoms with Crippen molar-refractivity contribution in [3.8, 4) is 0 Å². The van der Waals surface area contributed by atoms with Gasteiger partial charge in [-0.2, -0.15) is 4.98 Å². The van der Waals surface area contributed by atoms with Crippen molar-refractivity contribution in [2.75, 3.05) is 33.2 Å². The van der Waals surface area contributed by atoms with Gasteiger partial charge in [0.15, 0.2) is 5.82 Å². The average molecular weight is 307 g/mol. The van der Waals surface area contributed by atoms with Crippen molar-refractivity contribution in [3.63, 3.8) is 0 Å². The van der Waals surface area contributed by atoms with E-state index in [2.05, 4.69) is 22.0 Å². The molecule has 2 aliphatic heterocycles. The molecule has 0 N–H and O–H groups in total. The number of piperidine rings is 1. The summed E-state index contributed by atoms with van der Waals surface area (Å²) in [5, 5.41) is 4.05. The largest absolute Gasteiger partial charge is 0.339 e. The molecule has 22 heavy (non-hydrogen) atoms. The van der Waals surface area contributed by atoms with E-state index in [0.29, 0.717) is 6.04 Å². The zero-order valence-corrected chi connectivity index (χ0v) is 13.5. The first-order valence-electron chi connectivity index (χ1n) is 8.23. The third kappa shape index (κ3) is 3.24. The topological polar surface area (TPSA) is 65.7 Å². The SMILES string of the molecule is CCCc1nc(CN2CCC(N3CCN(C)C3=O)CC2)no1. The number of urea groups is 1. The lowest BCUT2D eigenvalue weighted by Gasteiger charge is -2.35. The lowest BCUT2D eigenvalue weighted by atomic mass is 10.0. The number of nitrogens with zero attached hydrogens (tertiary/aromatic N) is 5. The average Bonchev–Trinajstić information content (AvgIpc) is 3.09. The van der Waals surface area contributed by atoms with Crippen molar-refractivity contribution in [3.05, 3.63) is 11.7 Å². The quantitative estimate of drug-likeness (QED) is 0.821. The Labute approximate surface area is 131 Å². The van der Waals surface area contributed by atoms with Gasteiger partial charge in [-0.1, -0.05) is 12.1 Å². The molecule has 0 unspecified atom stereocenters. The molecule has 0 spiro atoms. The van der Waals surface area contributed by atoms with Gasteiger partial charge in [-0.3, -0.25) is 4.90 Å². The Hall–Kier alpha value is -1.63. The smallest absolute Gasteiger partial charge is 0.320 e. The van der Waals surface area contributed by atoms with Gasteiger partial charge in [0, 0.05) is 45.7 Å². The van der Waals surface area contributed by atoms with Crippen molar-refractivity contribution in [1.29, 1.82) is 0 Å². The van der Waals surface area contributed by atoms with Crippen LogP contribution in [0.1, 0.15) is 37.9 Å². The number of likely N-dealkylation sites (N-methyl/N-ethyl adjacent to an activating group) is 1. The van der Waals surface area contributed by atoms with Crippen LogP contribution in [0.5, 0.6) is 0 Å². The molecule has 3 heterocycles. The zero-order chi connectivity index (χ0) is 15.5. The molecule has 0 atom stereocenters.